The van der Waals surface area contributed by atoms with Gasteiger partial charge < -0.3 is 15.2 Å². The zero-order chi connectivity index (χ0) is 12.9. The molecule has 5 nitrogen and oxygen atoms in total. The van der Waals surface area contributed by atoms with Gasteiger partial charge in [0, 0.05) is 0 Å². The predicted molar refractivity (Wildman–Crippen MR) is 61.3 cm³/mol. The van der Waals surface area contributed by atoms with E-state index in [1.165, 1.54) is 14.0 Å². The summed E-state index contributed by atoms with van der Waals surface area (Å²) >= 11 is 0. The lowest BCUT2D eigenvalue weighted by Crippen LogP contribution is -2.50. The molecule has 17 heavy (non-hydrogen) atoms. The van der Waals surface area contributed by atoms with Gasteiger partial charge in [0.15, 0.2) is 0 Å². The molecule has 0 aromatic heterocycles. The van der Waals surface area contributed by atoms with Crippen LogP contribution in [-0.4, -0.2) is 25.2 Å². The van der Waals surface area contributed by atoms with Crippen LogP contribution in [0.15, 0.2) is 24.3 Å². The van der Waals surface area contributed by atoms with Crippen LogP contribution in [-0.2, 0) is 9.53 Å². The van der Waals surface area contributed by atoms with Gasteiger partial charge in [-0.2, -0.15) is 5.26 Å². The third-order valence-electron chi connectivity index (χ3n) is 2.17. The quantitative estimate of drug-likeness (QED) is 0.780. The average molecular weight is 234 g/mol. The number of carbonyl (C=O) groups excluding carboxylic acids is 1. The molecule has 0 bridgehead atoms. The first-order chi connectivity index (χ1) is 7.99. The molecule has 2 N–H and O–H groups in total. The summed E-state index contributed by atoms with van der Waals surface area (Å²) in [5, 5.41) is 8.62. The number of benzene rings is 1. The first kappa shape index (κ1) is 13.0. The maximum absolute atomic E-state index is 11.3. The summed E-state index contributed by atoms with van der Waals surface area (Å²) in [5.41, 5.74) is 5.07. The standard InChI is InChI=1S/C12H14N2O3/c1-12(14,11(15)16-2)8-17-10-5-3-9(7-13)4-6-10/h3-6H,8,14H2,1-2H3. The second-order valence-electron chi connectivity index (χ2n) is 3.83. The highest BCUT2D eigenvalue weighted by Crippen LogP contribution is 2.13. The number of ether oxygens (including phenoxy) is 2. The van der Waals surface area contributed by atoms with Gasteiger partial charge in [-0.3, -0.25) is 0 Å². The Morgan fingerprint density at radius 3 is 2.53 bits per heavy atom. The highest BCUT2D eigenvalue weighted by molar-refractivity contribution is 5.80. The highest BCUT2D eigenvalue weighted by Gasteiger charge is 2.30. The van der Waals surface area contributed by atoms with E-state index < -0.39 is 11.5 Å². The van der Waals surface area contributed by atoms with Gasteiger partial charge >= 0.3 is 5.97 Å². The van der Waals surface area contributed by atoms with Crippen molar-refractivity contribution in [3.8, 4) is 11.8 Å². The largest absolute Gasteiger partial charge is 0.491 e. The van der Waals surface area contributed by atoms with Crippen molar-refractivity contribution < 1.29 is 14.3 Å². The van der Waals surface area contributed by atoms with Gasteiger partial charge in [-0.15, -0.1) is 0 Å². The zero-order valence-electron chi connectivity index (χ0n) is 9.77. The van der Waals surface area contributed by atoms with Crippen LogP contribution in [0.5, 0.6) is 5.75 Å². The molecule has 0 heterocycles. The Balaban J connectivity index is 2.61. The fraction of sp³-hybridized carbons (Fsp3) is 0.333. The number of nitrogens with zero attached hydrogens (tertiary/aromatic N) is 1. The van der Waals surface area contributed by atoms with E-state index in [0.717, 1.165) is 0 Å². The highest BCUT2D eigenvalue weighted by atomic mass is 16.5. The number of nitriles is 1. The third-order valence-corrected chi connectivity index (χ3v) is 2.17. The summed E-state index contributed by atoms with van der Waals surface area (Å²) in [6, 6.07) is 8.54. The van der Waals surface area contributed by atoms with Gasteiger partial charge in [0.05, 0.1) is 18.7 Å². The molecule has 0 radical (unpaired) electrons. The number of methoxy groups -OCH3 is 1. The Bertz CT molecular complexity index is 432. The van der Waals surface area contributed by atoms with Gasteiger partial charge in [-0.1, -0.05) is 0 Å². The molecule has 1 aromatic carbocycles. The lowest BCUT2D eigenvalue weighted by atomic mass is 10.1. The summed E-state index contributed by atoms with van der Waals surface area (Å²) in [5.74, 6) is 0.00993. The molecule has 0 aliphatic carbocycles. The summed E-state index contributed by atoms with van der Waals surface area (Å²) in [6.45, 7) is 1.54. The zero-order valence-corrected chi connectivity index (χ0v) is 9.77. The molecule has 0 aliphatic rings. The number of esters is 1. The van der Waals surface area contributed by atoms with Crippen molar-refractivity contribution in [2.75, 3.05) is 13.7 Å². The molecule has 1 rings (SSSR count). The Hall–Kier alpha value is -2.06. The molecule has 1 aromatic rings. The molecular weight excluding hydrogens is 220 g/mol. The SMILES string of the molecule is COC(=O)C(C)(N)COc1ccc(C#N)cc1. The van der Waals surface area contributed by atoms with Crippen molar-refractivity contribution in [1.29, 1.82) is 5.26 Å². The van der Waals surface area contributed by atoms with E-state index in [-0.39, 0.29) is 6.61 Å². The first-order valence-electron chi connectivity index (χ1n) is 5.00. The van der Waals surface area contributed by atoms with Gasteiger partial charge in [0.25, 0.3) is 0 Å². The topological polar surface area (TPSA) is 85.3 Å². The third kappa shape index (κ3) is 3.47. The normalized spacial score (nSPS) is 13.3. The van der Waals surface area contributed by atoms with Gasteiger partial charge in [0.1, 0.15) is 17.9 Å². The molecule has 90 valence electrons. The minimum absolute atomic E-state index is 0.00553. The van der Waals surface area contributed by atoms with Crippen LogP contribution < -0.4 is 10.5 Å². The first-order valence-corrected chi connectivity index (χ1v) is 5.00. The van der Waals surface area contributed by atoms with E-state index >= 15 is 0 Å². The molecule has 1 atom stereocenters. The van der Waals surface area contributed by atoms with Crippen molar-refractivity contribution in [1.82, 2.24) is 0 Å². The molecule has 0 saturated heterocycles. The van der Waals surface area contributed by atoms with Crippen LogP contribution in [0.2, 0.25) is 0 Å². The lowest BCUT2D eigenvalue weighted by Gasteiger charge is -2.21. The van der Waals surface area contributed by atoms with Gasteiger partial charge in [-0.05, 0) is 31.2 Å². The van der Waals surface area contributed by atoms with Crippen LogP contribution >= 0.6 is 0 Å². The summed E-state index contributed by atoms with van der Waals surface area (Å²) in [7, 11) is 1.27. The molecule has 1 unspecified atom stereocenters. The Kier molecular flexibility index (Phi) is 4.07. The number of nitrogens with two attached hydrogens (primary N) is 1. The van der Waals surface area contributed by atoms with E-state index in [1.807, 2.05) is 6.07 Å². The van der Waals surface area contributed by atoms with E-state index in [4.69, 9.17) is 15.7 Å². The van der Waals surface area contributed by atoms with E-state index in [2.05, 4.69) is 4.74 Å². The number of carbonyl (C=O) groups is 1. The molecule has 0 fully saturated rings. The van der Waals surface area contributed by atoms with E-state index in [0.29, 0.717) is 11.3 Å². The second-order valence-corrected chi connectivity index (χ2v) is 3.83. The number of rotatable bonds is 4. The van der Waals surface area contributed by atoms with Crippen molar-refractivity contribution in [3.63, 3.8) is 0 Å². The van der Waals surface area contributed by atoms with E-state index in [1.54, 1.807) is 24.3 Å². The molecule has 0 aliphatic heterocycles. The molecule has 0 spiro atoms. The average Bonchev–Trinajstić information content (AvgIpc) is 2.36. The van der Waals surface area contributed by atoms with Crippen LogP contribution in [0.3, 0.4) is 0 Å². The van der Waals surface area contributed by atoms with Crippen LogP contribution in [0.25, 0.3) is 0 Å². The lowest BCUT2D eigenvalue weighted by molar-refractivity contribution is -0.147. The fourth-order valence-corrected chi connectivity index (χ4v) is 1.15. The summed E-state index contributed by atoms with van der Waals surface area (Å²) in [6.07, 6.45) is 0. The number of hydrogen-bond donors (Lipinski definition) is 1. The summed E-state index contributed by atoms with van der Waals surface area (Å²) < 4.78 is 9.91. The monoisotopic (exact) mass is 234 g/mol. The molecule has 5 heteroatoms. The van der Waals surface area contributed by atoms with Crippen molar-refractivity contribution in [2.45, 2.75) is 12.5 Å². The van der Waals surface area contributed by atoms with Gasteiger partial charge in [0.2, 0.25) is 0 Å². The fourth-order valence-electron chi connectivity index (χ4n) is 1.15. The molecule has 0 saturated carbocycles. The predicted octanol–water partition coefficient (Wildman–Crippen LogP) is 0.827. The van der Waals surface area contributed by atoms with Gasteiger partial charge in [-0.25, -0.2) is 4.79 Å². The minimum atomic E-state index is -1.19. The smallest absolute Gasteiger partial charge is 0.329 e. The molecular formula is C12H14N2O3. The second kappa shape index (κ2) is 5.32. The maximum atomic E-state index is 11.3. The van der Waals surface area contributed by atoms with Crippen molar-refractivity contribution >= 4 is 5.97 Å². The van der Waals surface area contributed by atoms with E-state index in [9.17, 15) is 4.79 Å². The number of hydrogen-bond acceptors (Lipinski definition) is 5. The Morgan fingerprint density at radius 2 is 2.06 bits per heavy atom. The maximum Gasteiger partial charge on any atom is 0.329 e. The van der Waals surface area contributed by atoms with Crippen molar-refractivity contribution in [2.24, 2.45) is 5.73 Å². The van der Waals surface area contributed by atoms with Crippen LogP contribution in [0.1, 0.15) is 12.5 Å². The molecule has 0 amide bonds. The Morgan fingerprint density at radius 1 is 1.47 bits per heavy atom. The summed E-state index contributed by atoms with van der Waals surface area (Å²) in [4.78, 5) is 11.3. The van der Waals surface area contributed by atoms with Crippen LogP contribution in [0.4, 0.5) is 0 Å². The minimum Gasteiger partial charge on any atom is -0.491 e. The Labute approximate surface area is 99.7 Å². The van der Waals surface area contributed by atoms with Crippen molar-refractivity contribution in [3.05, 3.63) is 29.8 Å². The van der Waals surface area contributed by atoms with Crippen LogP contribution in [0, 0.1) is 11.3 Å².